The van der Waals surface area contributed by atoms with Crippen LogP contribution in [0.5, 0.6) is 0 Å². The van der Waals surface area contributed by atoms with Crippen LogP contribution in [0.1, 0.15) is 19.4 Å². The summed E-state index contributed by atoms with van der Waals surface area (Å²) >= 11 is 7.37. The van der Waals surface area contributed by atoms with Crippen molar-refractivity contribution in [3.8, 4) is 11.4 Å². The predicted molar refractivity (Wildman–Crippen MR) is 116 cm³/mol. The number of hydrogen-bond acceptors (Lipinski definition) is 5. The number of rotatable bonds is 5. The second kappa shape index (κ2) is 7.73. The highest BCUT2D eigenvalue weighted by Gasteiger charge is 2.12. The maximum Gasteiger partial charge on any atom is 0.291 e. The van der Waals surface area contributed by atoms with Crippen LogP contribution in [0.25, 0.3) is 22.4 Å². The zero-order chi connectivity index (χ0) is 19.7. The number of anilines is 1. The molecule has 2 aromatic carbocycles. The number of halogens is 1. The first-order valence-electron chi connectivity index (χ1n) is 9.11. The Morgan fingerprint density at radius 3 is 2.54 bits per heavy atom. The molecule has 0 aliphatic carbocycles. The fourth-order valence-electron chi connectivity index (χ4n) is 3.11. The third-order valence-corrected chi connectivity index (χ3v) is 5.78. The second-order valence-corrected chi connectivity index (χ2v) is 7.77. The molecule has 0 amide bonds. The van der Waals surface area contributed by atoms with Crippen molar-refractivity contribution < 1.29 is 0 Å². The molecule has 0 atom stereocenters. The third kappa shape index (κ3) is 3.53. The van der Waals surface area contributed by atoms with Gasteiger partial charge in [-0.05, 0) is 49.8 Å². The fourth-order valence-corrected chi connectivity index (χ4v) is 4.20. The fraction of sp³-hybridized carbons (Fsp3) is 0.190. The van der Waals surface area contributed by atoms with E-state index < -0.39 is 0 Å². The van der Waals surface area contributed by atoms with Crippen LogP contribution in [-0.4, -0.2) is 27.7 Å². The summed E-state index contributed by atoms with van der Waals surface area (Å²) in [6.45, 7) is 6.21. The minimum Gasteiger partial charge on any atom is -0.372 e. The smallest absolute Gasteiger partial charge is 0.291 e. The van der Waals surface area contributed by atoms with Crippen molar-refractivity contribution in [3.05, 3.63) is 74.0 Å². The van der Waals surface area contributed by atoms with Gasteiger partial charge in [-0.1, -0.05) is 47.2 Å². The van der Waals surface area contributed by atoms with E-state index in [9.17, 15) is 4.79 Å². The highest BCUT2D eigenvalue weighted by Crippen LogP contribution is 2.20. The van der Waals surface area contributed by atoms with E-state index in [1.165, 1.54) is 21.5 Å². The average Bonchev–Trinajstić information content (AvgIpc) is 3.24. The summed E-state index contributed by atoms with van der Waals surface area (Å²) in [5.41, 5.74) is 2.79. The number of thiazole rings is 1. The van der Waals surface area contributed by atoms with E-state index in [0.29, 0.717) is 20.3 Å². The molecule has 0 N–H and O–H groups in total. The monoisotopic (exact) mass is 410 g/mol. The van der Waals surface area contributed by atoms with Crippen molar-refractivity contribution in [1.82, 2.24) is 14.6 Å². The molecule has 0 unspecified atom stereocenters. The van der Waals surface area contributed by atoms with Crippen LogP contribution in [0.15, 0.2) is 53.3 Å². The number of benzene rings is 2. The van der Waals surface area contributed by atoms with Crippen LogP contribution in [-0.2, 0) is 0 Å². The van der Waals surface area contributed by atoms with Gasteiger partial charge in [0, 0.05) is 29.4 Å². The Morgan fingerprint density at radius 1 is 1.14 bits per heavy atom. The molecule has 0 saturated carbocycles. The van der Waals surface area contributed by atoms with Crippen LogP contribution in [0.2, 0.25) is 5.02 Å². The van der Waals surface area contributed by atoms with Gasteiger partial charge < -0.3 is 4.90 Å². The summed E-state index contributed by atoms with van der Waals surface area (Å²) in [7, 11) is 0. The predicted octanol–water partition coefficient (Wildman–Crippen LogP) is 3.87. The number of fused-ring (bicyclic) bond motifs is 1. The highest BCUT2D eigenvalue weighted by molar-refractivity contribution is 7.15. The van der Waals surface area contributed by atoms with E-state index in [2.05, 4.69) is 41.0 Å². The molecule has 0 aliphatic heterocycles. The Morgan fingerprint density at radius 2 is 1.89 bits per heavy atom. The molecular formula is C21H19ClN4OS. The molecule has 7 heteroatoms. The summed E-state index contributed by atoms with van der Waals surface area (Å²) in [4.78, 5) is 20.1. The van der Waals surface area contributed by atoms with Crippen molar-refractivity contribution in [2.75, 3.05) is 18.0 Å². The molecule has 0 saturated heterocycles. The zero-order valence-electron chi connectivity index (χ0n) is 15.6. The van der Waals surface area contributed by atoms with Gasteiger partial charge in [0.1, 0.15) is 0 Å². The topological polar surface area (TPSA) is 50.5 Å². The van der Waals surface area contributed by atoms with E-state index in [0.717, 1.165) is 24.2 Å². The highest BCUT2D eigenvalue weighted by atomic mass is 35.5. The first kappa shape index (κ1) is 18.7. The molecule has 0 bridgehead atoms. The standard InChI is InChI=1S/C21H19ClN4OS/c1-3-25(4-2)17-10-8-14(9-11-17)12-18-20(27)26-21(28-18)23-19(24-26)15-6-5-7-16(22)13-15/h5-13H,3-4H2,1-2H3. The molecule has 0 fully saturated rings. The van der Waals surface area contributed by atoms with Crippen LogP contribution in [0, 0.1) is 0 Å². The summed E-state index contributed by atoms with van der Waals surface area (Å²) in [6, 6.07) is 15.5. The van der Waals surface area contributed by atoms with E-state index in [1.807, 2.05) is 30.3 Å². The Balaban J connectivity index is 1.69. The molecule has 5 nitrogen and oxygen atoms in total. The third-order valence-electron chi connectivity index (χ3n) is 4.58. The molecule has 28 heavy (non-hydrogen) atoms. The van der Waals surface area contributed by atoms with E-state index >= 15 is 0 Å². The van der Waals surface area contributed by atoms with Gasteiger partial charge in [0.15, 0.2) is 5.82 Å². The van der Waals surface area contributed by atoms with Gasteiger partial charge in [-0.3, -0.25) is 4.79 Å². The SMILES string of the molecule is CCN(CC)c1ccc(C=c2sc3nc(-c4cccc(Cl)c4)nn3c2=O)cc1. The van der Waals surface area contributed by atoms with Crippen molar-refractivity contribution in [3.63, 3.8) is 0 Å². The number of hydrogen-bond donors (Lipinski definition) is 0. The molecule has 2 heterocycles. The Labute approximate surface area is 171 Å². The molecule has 0 radical (unpaired) electrons. The van der Waals surface area contributed by atoms with E-state index in [-0.39, 0.29) is 5.56 Å². The van der Waals surface area contributed by atoms with Crippen molar-refractivity contribution in [2.24, 2.45) is 0 Å². The molecular weight excluding hydrogens is 392 g/mol. The largest absolute Gasteiger partial charge is 0.372 e. The molecule has 0 aliphatic rings. The Hall–Kier alpha value is -2.70. The Bertz CT molecular complexity index is 1230. The van der Waals surface area contributed by atoms with Crippen LogP contribution >= 0.6 is 22.9 Å². The van der Waals surface area contributed by atoms with Gasteiger partial charge in [0.25, 0.3) is 5.56 Å². The lowest BCUT2D eigenvalue weighted by molar-refractivity contribution is 0.866. The lowest BCUT2D eigenvalue weighted by Gasteiger charge is -2.20. The molecule has 2 aromatic heterocycles. The van der Waals surface area contributed by atoms with Crippen LogP contribution in [0.4, 0.5) is 5.69 Å². The van der Waals surface area contributed by atoms with Gasteiger partial charge in [-0.25, -0.2) is 0 Å². The normalized spacial score (nSPS) is 12.0. The first-order valence-corrected chi connectivity index (χ1v) is 10.3. The van der Waals surface area contributed by atoms with Crippen LogP contribution in [0.3, 0.4) is 0 Å². The zero-order valence-corrected chi connectivity index (χ0v) is 17.2. The molecule has 142 valence electrons. The molecule has 0 spiro atoms. The van der Waals surface area contributed by atoms with Crippen LogP contribution < -0.4 is 15.0 Å². The minimum atomic E-state index is -0.159. The minimum absolute atomic E-state index is 0.159. The summed E-state index contributed by atoms with van der Waals surface area (Å²) < 4.78 is 1.97. The Kier molecular flexibility index (Phi) is 5.15. The average molecular weight is 411 g/mol. The van der Waals surface area contributed by atoms with Crippen molar-refractivity contribution in [2.45, 2.75) is 13.8 Å². The summed E-state index contributed by atoms with van der Waals surface area (Å²) in [5, 5.41) is 4.97. The maximum absolute atomic E-state index is 12.7. The quantitative estimate of drug-likeness (QED) is 0.501. The number of aromatic nitrogens is 3. The first-order chi connectivity index (χ1) is 13.6. The van der Waals surface area contributed by atoms with Gasteiger partial charge in [-0.2, -0.15) is 9.50 Å². The van der Waals surface area contributed by atoms with E-state index in [1.54, 1.807) is 12.1 Å². The number of nitrogens with zero attached hydrogens (tertiary/aromatic N) is 4. The molecule has 4 aromatic rings. The second-order valence-electron chi connectivity index (χ2n) is 6.32. The molecule has 4 rings (SSSR count). The maximum atomic E-state index is 12.7. The van der Waals surface area contributed by atoms with Crippen molar-refractivity contribution >= 4 is 39.7 Å². The van der Waals surface area contributed by atoms with Gasteiger partial charge in [-0.15, -0.1) is 5.10 Å². The van der Waals surface area contributed by atoms with Gasteiger partial charge >= 0.3 is 0 Å². The lowest BCUT2D eigenvalue weighted by atomic mass is 10.2. The van der Waals surface area contributed by atoms with Gasteiger partial charge in [0.2, 0.25) is 4.96 Å². The lowest BCUT2D eigenvalue weighted by Crippen LogP contribution is -2.23. The van der Waals surface area contributed by atoms with Gasteiger partial charge in [0.05, 0.1) is 4.53 Å². The summed E-state index contributed by atoms with van der Waals surface area (Å²) in [5.74, 6) is 0.501. The van der Waals surface area contributed by atoms with Crippen molar-refractivity contribution in [1.29, 1.82) is 0 Å². The summed E-state index contributed by atoms with van der Waals surface area (Å²) in [6.07, 6.45) is 1.88. The van der Waals surface area contributed by atoms with E-state index in [4.69, 9.17) is 11.6 Å².